The molecular formula is C17H21Cl2N3O2S. The Labute approximate surface area is 161 Å². The van der Waals surface area contributed by atoms with Gasteiger partial charge in [0.05, 0.1) is 11.6 Å². The lowest BCUT2D eigenvalue weighted by atomic mass is 10.1. The molecule has 8 heteroatoms. The zero-order valence-corrected chi connectivity index (χ0v) is 16.5. The molecule has 0 radical (unpaired) electrons. The second-order valence-corrected chi connectivity index (χ2v) is 7.56. The van der Waals surface area contributed by atoms with Crippen LogP contribution in [-0.4, -0.2) is 22.7 Å². The molecule has 2 rings (SSSR count). The number of rotatable bonds is 9. The molecule has 5 nitrogen and oxygen atoms in total. The first-order chi connectivity index (χ1) is 12.0. The highest BCUT2D eigenvalue weighted by Crippen LogP contribution is 2.28. The number of nitrogens with zero attached hydrogens (tertiary/aromatic N) is 2. The number of amides is 1. The van der Waals surface area contributed by atoms with Gasteiger partial charge in [-0.2, -0.15) is 0 Å². The van der Waals surface area contributed by atoms with E-state index < -0.39 is 0 Å². The number of ether oxygens (including phenoxy) is 1. The van der Waals surface area contributed by atoms with Gasteiger partial charge in [0, 0.05) is 17.4 Å². The molecule has 0 aliphatic carbocycles. The number of hydrogen-bond acceptors (Lipinski definition) is 5. The van der Waals surface area contributed by atoms with Gasteiger partial charge in [-0.05, 0) is 31.0 Å². The number of anilines is 1. The quantitative estimate of drug-likeness (QED) is 0.559. The standard InChI is InChI=1S/C17H21Cl2N3O2S/c1-3-5-11(2)16-21-22-17(25-16)20-15(23)6-4-9-24-14-8-7-12(18)10-13(14)19/h7-8,10-11H,3-6,9H2,1-2H3,(H,20,22,23). The number of carbonyl (C=O) groups is 1. The molecular weight excluding hydrogens is 381 g/mol. The van der Waals surface area contributed by atoms with Gasteiger partial charge < -0.3 is 10.1 Å². The molecule has 0 spiro atoms. The molecule has 1 atom stereocenters. The lowest BCUT2D eigenvalue weighted by Gasteiger charge is -2.08. The lowest BCUT2D eigenvalue weighted by Crippen LogP contribution is -2.12. The van der Waals surface area contributed by atoms with Crippen molar-refractivity contribution in [2.75, 3.05) is 11.9 Å². The summed E-state index contributed by atoms with van der Waals surface area (Å²) in [5.41, 5.74) is 0. The maximum atomic E-state index is 12.0. The number of carbonyl (C=O) groups excluding carboxylic acids is 1. The molecule has 1 heterocycles. The fraction of sp³-hybridized carbons (Fsp3) is 0.471. The van der Waals surface area contributed by atoms with E-state index in [0.717, 1.165) is 17.8 Å². The Hall–Kier alpha value is -1.37. The van der Waals surface area contributed by atoms with Crippen LogP contribution in [0.2, 0.25) is 10.0 Å². The zero-order chi connectivity index (χ0) is 18.2. The number of benzene rings is 1. The molecule has 1 unspecified atom stereocenters. The molecule has 1 aromatic heterocycles. The summed E-state index contributed by atoms with van der Waals surface area (Å²) in [4.78, 5) is 12.0. The van der Waals surface area contributed by atoms with Gasteiger partial charge in [-0.1, -0.05) is 54.8 Å². The minimum absolute atomic E-state index is 0.100. The van der Waals surface area contributed by atoms with E-state index in [4.69, 9.17) is 27.9 Å². The van der Waals surface area contributed by atoms with Crippen molar-refractivity contribution in [1.29, 1.82) is 0 Å². The second kappa shape index (κ2) is 9.94. The van der Waals surface area contributed by atoms with Crippen LogP contribution in [0.15, 0.2) is 18.2 Å². The van der Waals surface area contributed by atoms with Crippen LogP contribution in [0.1, 0.15) is 50.5 Å². The molecule has 136 valence electrons. The van der Waals surface area contributed by atoms with Crippen LogP contribution in [-0.2, 0) is 4.79 Å². The number of hydrogen-bond donors (Lipinski definition) is 1. The number of nitrogens with one attached hydrogen (secondary N) is 1. The van der Waals surface area contributed by atoms with Gasteiger partial charge in [0.2, 0.25) is 11.0 Å². The zero-order valence-electron chi connectivity index (χ0n) is 14.2. The Morgan fingerprint density at radius 2 is 2.16 bits per heavy atom. The predicted molar refractivity (Wildman–Crippen MR) is 103 cm³/mol. The fourth-order valence-corrected chi connectivity index (χ4v) is 3.54. The summed E-state index contributed by atoms with van der Waals surface area (Å²) < 4.78 is 5.56. The van der Waals surface area contributed by atoms with Gasteiger partial charge in [-0.3, -0.25) is 4.79 Å². The van der Waals surface area contributed by atoms with Gasteiger partial charge >= 0.3 is 0 Å². The summed E-state index contributed by atoms with van der Waals surface area (Å²) in [6.07, 6.45) is 3.07. The van der Waals surface area contributed by atoms with Crippen LogP contribution >= 0.6 is 34.5 Å². The smallest absolute Gasteiger partial charge is 0.226 e. The van der Waals surface area contributed by atoms with E-state index in [1.807, 2.05) is 0 Å². The first-order valence-corrected chi connectivity index (χ1v) is 9.78. The van der Waals surface area contributed by atoms with Crippen molar-refractivity contribution in [2.24, 2.45) is 0 Å². The largest absolute Gasteiger partial charge is 0.492 e. The fourth-order valence-electron chi connectivity index (χ4n) is 2.23. The second-order valence-electron chi connectivity index (χ2n) is 5.71. The normalized spacial score (nSPS) is 12.0. The van der Waals surface area contributed by atoms with Crippen molar-refractivity contribution in [1.82, 2.24) is 10.2 Å². The Morgan fingerprint density at radius 3 is 2.88 bits per heavy atom. The molecule has 2 aromatic rings. The van der Waals surface area contributed by atoms with Crippen molar-refractivity contribution in [3.63, 3.8) is 0 Å². The highest BCUT2D eigenvalue weighted by Gasteiger charge is 2.13. The van der Waals surface area contributed by atoms with E-state index in [0.29, 0.717) is 46.3 Å². The summed E-state index contributed by atoms with van der Waals surface area (Å²) >= 11 is 13.3. The highest BCUT2D eigenvalue weighted by molar-refractivity contribution is 7.15. The van der Waals surface area contributed by atoms with Crippen molar-refractivity contribution < 1.29 is 9.53 Å². The monoisotopic (exact) mass is 401 g/mol. The molecule has 1 amide bonds. The maximum absolute atomic E-state index is 12.0. The first-order valence-electron chi connectivity index (χ1n) is 8.20. The van der Waals surface area contributed by atoms with E-state index >= 15 is 0 Å². The third-order valence-electron chi connectivity index (χ3n) is 3.53. The highest BCUT2D eigenvalue weighted by atomic mass is 35.5. The maximum Gasteiger partial charge on any atom is 0.226 e. The topological polar surface area (TPSA) is 64.1 Å². The molecule has 25 heavy (non-hydrogen) atoms. The van der Waals surface area contributed by atoms with E-state index in [-0.39, 0.29) is 5.91 Å². The molecule has 0 aliphatic heterocycles. The lowest BCUT2D eigenvalue weighted by molar-refractivity contribution is -0.116. The molecule has 0 bridgehead atoms. The summed E-state index contributed by atoms with van der Waals surface area (Å²) in [6, 6.07) is 5.05. The van der Waals surface area contributed by atoms with E-state index in [1.54, 1.807) is 18.2 Å². The van der Waals surface area contributed by atoms with Gasteiger partial charge in [0.25, 0.3) is 0 Å². The van der Waals surface area contributed by atoms with E-state index in [1.165, 1.54) is 11.3 Å². The van der Waals surface area contributed by atoms with Gasteiger partial charge in [-0.25, -0.2) is 0 Å². The van der Waals surface area contributed by atoms with Crippen LogP contribution < -0.4 is 10.1 Å². The van der Waals surface area contributed by atoms with Crippen LogP contribution in [0.3, 0.4) is 0 Å². The van der Waals surface area contributed by atoms with E-state index in [9.17, 15) is 4.79 Å². The van der Waals surface area contributed by atoms with E-state index in [2.05, 4.69) is 29.4 Å². The Balaban J connectivity index is 1.72. The Kier molecular flexibility index (Phi) is 7.93. The van der Waals surface area contributed by atoms with Crippen molar-refractivity contribution in [3.05, 3.63) is 33.3 Å². The number of halogens is 2. The van der Waals surface area contributed by atoms with Crippen LogP contribution in [0.4, 0.5) is 5.13 Å². The van der Waals surface area contributed by atoms with Gasteiger partial charge in [0.1, 0.15) is 10.8 Å². The average molecular weight is 402 g/mol. The molecule has 0 saturated carbocycles. The van der Waals surface area contributed by atoms with Crippen LogP contribution in [0.5, 0.6) is 5.75 Å². The van der Waals surface area contributed by atoms with Crippen LogP contribution in [0, 0.1) is 0 Å². The van der Waals surface area contributed by atoms with Gasteiger partial charge in [-0.15, -0.1) is 10.2 Å². The molecule has 1 N–H and O–H groups in total. The molecule has 0 aliphatic rings. The summed E-state index contributed by atoms with van der Waals surface area (Å²) in [6.45, 7) is 4.65. The van der Waals surface area contributed by atoms with Crippen LogP contribution in [0.25, 0.3) is 0 Å². The minimum Gasteiger partial charge on any atom is -0.492 e. The van der Waals surface area contributed by atoms with Crippen molar-refractivity contribution in [3.8, 4) is 5.75 Å². The summed E-state index contributed by atoms with van der Waals surface area (Å²) in [5.74, 6) is 0.826. The third-order valence-corrected chi connectivity index (χ3v) is 5.13. The predicted octanol–water partition coefficient (Wildman–Crippen LogP) is 5.55. The summed E-state index contributed by atoms with van der Waals surface area (Å²) in [5, 5.41) is 13.5. The summed E-state index contributed by atoms with van der Waals surface area (Å²) in [7, 11) is 0. The van der Waals surface area contributed by atoms with Crippen molar-refractivity contribution >= 4 is 45.6 Å². The Bertz CT molecular complexity index is 709. The third kappa shape index (κ3) is 6.45. The Morgan fingerprint density at radius 1 is 1.36 bits per heavy atom. The molecule has 0 saturated heterocycles. The number of aromatic nitrogens is 2. The molecule has 0 fully saturated rings. The minimum atomic E-state index is -0.100. The first kappa shape index (κ1) is 19.9. The molecule has 1 aromatic carbocycles. The average Bonchev–Trinajstić information content (AvgIpc) is 3.02. The SMILES string of the molecule is CCCC(C)c1nnc(NC(=O)CCCOc2ccc(Cl)cc2Cl)s1. The van der Waals surface area contributed by atoms with Gasteiger partial charge in [0.15, 0.2) is 0 Å². The van der Waals surface area contributed by atoms with Crippen molar-refractivity contribution in [2.45, 2.75) is 45.4 Å².